The SMILES string of the molecule is CC(C(=O)O)N(C)CC(=O)Nc1ccc(S(=O)(=O)N2CCOCC2)cc1. The second kappa shape index (κ2) is 8.58. The van der Waals surface area contributed by atoms with E-state index in [1.807, 2.05) is 0 Å². The molecule has 0 aromatic heterocycles. The topological polar surface area (TPSA) is 116 Å². The molecule has 2 N–H and O–H groups in total. The van der Waals surface area contributed by atoms with E-state index in [1.165, 1.54) is 47.4 Å². The second-order valence-electron chi connectivity index (χ2n) is 6.02. The Morgan fingerprint density at radius 2 is 1.85 bits per heavy atom. The van der Waals surface area contributed by atoms with Crippen LogP contribution in [-0.4, -0.2) is 80.5 Å². The van der Waals surface area contributed by atoms with Gasteiger partial charge in [-0.3, -0.25) is 14.5 Å². The highest BCUT2D eigenvalue weighted by atomic mass is 32.2. The summed E-state index contributed by atoms with van der Waals surface area (Å²) in [7, 11) is -2.04. The van der Waals surface area contributed by atoms with E-state index >= 15 is 0 Å². The third-order valence-corrected chi connectivity index (χ3v) is 6.07. The lowest BCUT2D eigenvalue weighted by Gasteiger charge is -2.26. The predicted molar refractivity (Wildman–Crippen MR) is 94.4 cm³/mol. The highest BCUT2D eigenvalue weighted by Crippen LogP contribution is 2.19. The van der Waals surface area contributed by atoms with Crippen LogP contribution >= 0.6 is 0 Å². The Hall–Kier alpha value is -2.01. The van der Waals surface area contributed by atoms with Crippen molar-refractivity contribution in [3.8, 4) is 0 Å². The van der Waals surface area contributed by atoms with E-state index in [0.717, 1.165) is 0 Å². The molecule has 1 amide bonds. The van der Waals surface area contributed by atoms with Crippen LogP contribution < -0.4 is 5.32 Å². The van der Waals surface area contributed by atoms with E-state index in [9.17, 15) is 18.0 Å². The summed E-state index contributed by atoms with van der Waals surface area (Å²) in [4.78, 5) is 24.4. The van der Waals surface area contributed by atoms with Gasteiger partial charge in [-0.15, -0.1) is 0 Å². The van der Waals surface area contributed by atoms with Gasteiger partial charge in [-0.25, -0.2) is 8.42 Å². The maximum Gasteiger partial charge on any atom is 0.320 e. The number of hydrogen-bond acceptors (Lipinski definition) is 6. The Morgan fingerprint density at radius 3 is 2.38 bits per heavy atom. The van der Waals surface area contributed by atoms with E-state index < -0.39 is 22.0 Å². The molecule has 144 valence electrons. The van der Waals surface area contributed by atoms with Gasteiger partial charge in [-0.1, -0.05) is 0 Å². The summed E-state index contributed by atoms with van der Waals surface area (Å²) in [5.41, 5.74) is 0.437. The molecular weight excluding hydrogens is 362 g/mol. The minimum absolute atomic E-state index is 0.0959. The summed E-state index contributed by atoms with van der Waals surface area (Å²) in [6.45, 7) is 2.76. The van der Waals surface area contributed by atoms with Crippen molar-refractivity contribution in [2.75, 3.05) is 45.2 Å². The standard InChI is InChI=1S/C16H23N3O6S/c1-12(16(21)22)18(2)11-15(20)17-13-3-5-14(6-4-13)26(23,24)19-7-9-25-10-8-19/h3-6,12H,7-11H2,1-2H3,(H,17,20)(H,21,22). The van der Waals surface area contributed by atoms with Crippen molar-refractivity contribution in [1.82, 2.24) is 9.21 Å². The maximum atomic E-state index is 12.5. The smallest absolute Gasteiger partial charge is 0.320 e. The zero-order valence-corrected chi connectivity index (χ0v) is 15.5. The van der Waals surface area contributed by atoms with E-state index in [-0.39, 0.29) is 17.3 Å². The molecule has 9 nitrogen and oxygen atoms in total. The lowest BCUT2D eigenvalue weighted by molar-refractivity contribution is -0.142. The minimum Gasteiger partial charge on any atom is -0.480 e. The molecule has 1 fully saturated rings. The number of amides is 1. The first-order chi connectivity index (χ1) is 12.2. The predicted octanol–water partition coefficient (Wildman–Crippen LogP) is 0.0509. The number of ether oxygens (including phenoxy) is 1. The van der Waals surface area contributed by atoms with E-state index in [2.05, 4.69) is 5.32 Å². The number of nitrogens with zero attached hydrogens (tertiary/aromatic N) is 2. The summed E-state index contributed by atoms with van der Waals surface area (Å²) in [6.07, 6.45) is 0. The summed E-state index contributed by atoms with van der Waals surface area (Å²) < 4.78 is 31.6. The summed E-state index contributed by atoms with van der Waals surface area (Å²) in [5, 5.41) is 11.6. The van der Waals surface area contributed by atoms with Crippen molar-refractivity contribution >= 4 is 27.6 Å². The molecule has 0 radical (unpaired) electrons. The number of carboxylic acids is 1. The Labute approximate surface area is 152 Å². The van der Waals surface area contributed by atoms with Gasteiger partial charge in [0.2, 0.25) is 15.9 Å². The molecule has 1 heterocycles. The quantitative estimate of drug-likeness (QED) is 0.681. The van der Waals surface area contributed by atoms with Gasteiger partial charge in [0.25, 0.3) is 0 Å². The second-order valence-corrected chi connectivity index (χ2v) is 7.96. The number of carbonyl (C=O) groups is 2. The van der Waals surface area contributed by atoms with Crippen molar-refractivity contribution in [3.63, 3.8) is 0 Å². The molecule has 0 spiro atoms. The van der Waals surface area contributed by atoms with Crippen LogP contribution in [-0.2, 0) is 24.3 Å². The summed E-state index contributed by atoms with van der Waals surface area (Å²) in [5.74, 6) is -1.40. The number of morpholine rings is 1. The van der Waals surface area contributed by atoms with Crippen molar-refractivity contribution in [2.24, 2.45) is 0 Å². The van der Waals surface area contributed by atoms with Crippen LogP contribution in [0.25, 0.3) is 0 Å². The van der Waals surface area contributed by atoms with Gasteiger partial charge in [0, 0.05) is 18.8 Å². The normalized spacial score (nSPS) is 17.0. The van der Waals surface area contributed by atoms with Gasteiger partial charge in [0.05, 0.1) is 24.7 Å². The highest BCUT2D eigenvalue weighted by Gasteiger charge is 2.26. The fourth-order valence-corrected chi connectivity index (χ4v) is 3.81. The third-order valence-electron chi connectivity index (χ3n) is 4.16. The summed E-state index contributed by atoms with van der Waals surface area (Å²) >= 11 is 0. The van der Waals surface area contributed by atoms with Gasteiger partial charge < -0.3 is 15.2 Å². The largest absolute Gasteiger partial charge is 0.480 e. The maximum absolute atomic E-state index is 12.5. The Balaban J connectivity index is 1.98. The van der Waals surface area contributed by atoms with Crippen LogP contribution in [0.1, 0.15) is 6.92 Å². The van der Waals surface area contributed by atoms with Gasteiger partial charge >= 0.3 is 5.97 Å². The Morgan fingerprint density at radius 1 is 1.27 bits per heavy atom. The minimum atomic E-state index is -3.58. The molecule has 1 saturated heterocycles. The first-order valence-corrected chi connectivity index (χ1v) is 9.56. The number of carbonyl (C=O) groups excluding carboxylic acids is 1. The van der Waals surface area contributed by atoms with E-state index in [4.69, 9.17) is 9.84 Å². The molecular formula is C16H23N3O6S. The number of carboxylic acid groups (broad SMARTS) is 1. The molecule has 0 saturated carbocycles. The van der Waals surface area contributed by atoms with Crippen molar-refractivity contribution in [3.05, 3.63) is 24.3 Å². The Kier molecular flexibility index (Phi) is 6.70. The average molecular weight is 385 g/mol. The molecule has 0 aliphatic carbocycles. The zero-order chi connectivity index (χ0) is 19.3. The lowest BCUT2D eigenvalue weighted by Crippen LogP contribution is -2.41. The fourth-order valence-electron chi connectivity index (χ4n) is 2.40. The van der Waals surface area contributed by atoms with Gasteiger partial charge in [-0.05, 0) is 38.2 Å². The zero-order valence-electron chi connectivity index (χ0n) is 14.7. The highest BCUT2D eigenvalue weighted by molar-refractivity contribution is 7.89. The van der Waals surface area contributed by atoms with E-state index in [1.54, 1.807) is 0 Å². The van der Waals surface area contributed by atoms with Crippen LogP contribution in [0.2, 0.25) is 0 Å². The molecule has 1 aliphatic heterocycles. The summed E-state index contributed by atoms with van der Waals surface area (Å²) in [6, 6.07) is 5.09. The average Bonchev–Trinajstić information content (AvgIpc) is 2.62. The number of benzene rings is 1. The van der Waals surface area contributed by atoms with Crippen molar-refractivity contribution in [2.45, 2.75) is 17.9 Å². The third kappa shape index (κ3) is 5.01. The fraction of sp³-hybridized carbons (Fsp3) is 0.500. The number of sulfonamides is 1. The molecule has 1 aliphatic rings. The monoisotopic (exact) mass is 385 g/mol. The van der Waals surface area contributed by atoms with Crippen molar-refractivity contribution < 1.29 is 27.9 Å². The molecule has 0 bridgehead atoms. The molecule has 1 unspecified atom stereocenters. The first-order valence-electron chi connectivity index (χ1n) is 8.12. The van der Waals surface area contributed by atoms with Crippen LogP contribution in [0.15, 0.2) is 29.2 Å². The molecule has 26 heavy (non-hydrogen) atoms. The van der Waals surface area contributed by atoms with Crippen LogP contribution in [0.3, 0.4) is 0 Å². The molecule has 1 aromatic carbocycles. The van der Waals surface area contributed by atoms with Crippen LogP contribution in [0, 0.1) is 0 Å². The molecule has 10 heteroatoms. The van der Waals surface area contributed by atoms with Gasteiger partial charge in [-0.2, -0.15) is 4.31 Å². The number of likely N-dealkylation sites (N-methyl/N-ethyl adjacent to an activating group) is 1. The van der Waals surface area contributed by atoms with E-state index in [0.29, 0.717) is 32.0 Å². The number of aliphatic carboxylic acids is 1. The van der Waals surface area contributed by atoms with Crippen LogP contribution in [0.5, 0.6) is 0 Å². The van der Waals surface area contributed by atoms with Crippen molar-refractivity contribution in [1.29, 1.82) is 0 Å². The lowest BCUT2D eigenvalue weighted by atomic mass is 10.3. The molecule has 1 atom stereocenters. The van der Waals surface area contributed by atoms with Gasteiger partial charge in [0.1, 0.15) is 6.04 Å². The number of hydrogen-bond donors (Lipinski definition) is 2. The number of nitrogens with one attached hydrogen (secondary N) is 1. The number of anilines is 1. The molecule has 2 rings (SSSR count). The molecule has 1 aromatic rings. The van der Waals surface area contributed by atoms with Crippen LogP contribution in [0.4, 0.5) is 5.69 Å². The van der Waals surface area contributed by atoms with Gasteiger partial charge in [0.15, 0.2) is 0 Å². The Bertz CT molecular complexity index is 744. The number of rotatable bonds is 7. The first kappa shape index (κ1) is 20.3.